The van der Waals surface area contributed by atoms with E-state index in [2.05, 4.69) is 6.92 Å². The maximum Gasteiger partial charge on any atom is 0.308 e. The lowest BCUT2D eigenvalue weighted by Gasteiger charge is -2.06. The number of esters is 1. The van der Waals surface area contributed by atoms with E-state index in [1.165, 1.54) is 19.3 Å². The summed E-state index contributed by atoms with van der Waals surface area (Å²) in [5.41, 5.74) is 0. The third kappa shape index (κ3) is 15.4. The van der Waals surface area contributed by atoms with Crippen LogP contribution in [0, 0.1) is 0 Å². The molecule has 0 aromatic carbocycles. The molecule has 20 heavy (non-hydrogen) atoms. The lowest BCUT2D eigenvalue weighted by atomic mass is 10.2. The van der Waals surface area contributed by atoms with Crippen LogP contribution in [0.1, 0.15) is 46.0 Å². The Morgan fingerprint density at radius 1 is 0.750 bits per heavy atom. The molecule has 0 aromatic rings. The number of hydrogen-bond donors (Lipinski definition) is 0. The average molecular weight is 290 g/mol. The van der Waals surface area contributed by atoms with Crippen molar-refractivity contribution in [2.75, 3.05) is 46.2 Å². The van der Waals surface area contributed by atoms with Gasteiger partial charge < -0.3 is 18.9 Å². The highest BCUT2D eigenvalue weighted by Gasteiger charge is 2.00. The van der Waals surface area contributed by atoms with Gasteiger partial charge in [-0.2, -0.15) is 0 Å². The minimum Gasteiger partial charge on any atom is -0.466 e. The molecule has 0 saturated heterocycles. The summed E-state index contributed by atoms with van der Waals surface area (Å²) in [6, 6.07) is 0. The Labute approximate surface area is 122 Å². The number of ether oxygens (including phenoxy) is 4. The van der Waals surface area contributed by atoms with E-state index in [0.29, 0.717) is 46.1 Å². The van der Waals surface area contributed by atoms with E-state index >= 15 is 0 Å². The fraction of sp³-hybridized carbons (Fsp3) is 0.933. The molecule has 0 N–H and O–H groups in total. The molecule has 0 amide bonds. The third-order valence-corrected chi connectivity index (χ3v) is 2.64. The van der Waals surface area contributed by atoms with Gasteiger partial charge in [-0.25, -0.2) is 0 Å². The van der Waals surface area contributed by atoms with Crippen LogP contribution in [0.5, 0.6) is 0 Å². The first-order valence-electron chi connectivity index (χ1n) is 7.70. The highest BCUT2D eigenvalue weighted by atomic mass is 16.5. The zero-order valence-corrected chi connectivity index (χ0v) is 13.0. The zero-order chi connectivity index (χ0) is 14.9. The fourth-order valence-corrected chi connectivity index (χ4v) is 1.56. The Hall–Kier alpha value is -0.650. The van der Waals surface area contributed by atoms with E-state index in [1.54, 1.807) is 6.92 Å². The van der Waals surface area contributed by atoms with Crippen LogP contribution in [0.4, 0.5) is 0 Å². The number of carbonyl (C=O) groups excluding carboxylic acids is 1. The van der Waals surface area contributed by atoms with Crippen LogP contribution in [0.25, 0.3) is 0 Å². The molecule has 5 heteroatoms. The van der Waals surface area contributed by atoms with Crippen molar-refractivity contribution < 1.29 is 23.7 Å². The van der Waals surface area contributed by atoms with Crippen LogP contribution in [0.15, 0.2) is 0 Å². The molecule has 0 bridgehead atoms. The number of carbonyl (C=O) groups is 1. The normalized spacial score (nSPS) is 10.7. The Bertz CT molecular complexity index is 208. The zero-order valence-electron chi connectivity index (χ0n) is 13.0. The molecule has 0 unspecified atom stereocenters. The molecular weight excluding hydrogens is 260 g/mol. The predicted octanol–water partition coefficient (Wildman–Crippen LogP) is 2.57. The molecule has 0 aromatic heterocycles. The van der Waals surface area contributed by atoms with Gasteiger partial charge in [0.25, 0.3) is 0 Å². The first kappa shape index (κ1) is 19.4. The van der Waals surface area contributed by atoms with Gasteiger partial charge in [0.2, 0.25) is 0 Å². The molecule has 0 saturated carbocycles. The summed E-state index contributed by atoms with van der Waals surface area (Å²) in [5, 5.41) is 0. The van der Waals surface area contributed by atoms with Gasteiger partial charge >= 0.3 is 5.97 Å². The van der Waals surface area contributed by atoms with Gasteiger partial charge in [0.15, 0.2) is 0 Å². The maximum atomic E-state index is 11.0. The van der Waals surface area contributed by atoms with Crippen molar-refractivity contribution in [3.63, 3.8) is 0 Å². The Morgan fingerprint density at radius 3 is 1.95 bits per heavy atom. The van der Waals surface area contributed by atoms with Crippen molar-refractivity contribution in [2.45, 2.75) is 46.0 Å². The summed E-state index contributed by atoms with van der Waals surface area (Å²) in [7, 11) is 0. The molecule has 120 valence electrons. The SMILES string of the molecule is CCCCCCOCCOCCOCCC(=O)OCC. The molecule has 0 aliphatic carbocycles. The molecule has 0 rings (SSSR count). The first-order chi connectivity index (χ1) is 9.81. The summed E-state index contributed by atoms with van der Waals surface area (Å²) < 4.78 is 20.8. The summed E-state index contributed by atoms with van der Waals surface area (Å²) in [6.45, 7) is 7.86. The van der Waals surface area contributed by atoms with Crippen molar-refractivity contribution in [3.8, 4) is 0 Å². The van der Waals surface area contributed by atoms with Gasteiger partial charge in [-0.1, -0.05) is 26.2 Å². The first-order valence-corrected chi connectivity index (χ1v) is 7.70. The van der Waals surface area contributed by atoms with E-state index in [-0.39, 0.29) is 5.97 Å². The van der Waals surface area contributed by atoms with Crippen molar-refractivity contribution in [3.05, 3.63) is 0 Å². The standard InChI is InChI=1S/C15H30O5/c1-3-5-6-7-9-17-11-13-19-14-12-18-10-8-15(16)20-4-2/h3-14H2,1-2H3. The summed E-state index contributed by atoms with van der Waals surface area (Å²) in [5.74, 6) is -0.218. The second kappa shape index (κ2) is 16.4. The predicted molar refractivity (Wildman–Crippen MR) is 77.8 cm³/mol. The van der Waals surface area contributed by atoms with E-state index in [4.69, 9.17) is 18.9 Å². The van der Waals surface area contributed by atoms with Crippen molar-refractivity contribution in [2.24, 2.45) is 0 Å². The lowest BCUT2D eigenvalue weighted by Crippen LogP contribution is -2.12. The number of rotatable bonds is 15. The summed E-state index contributed by atoms with van der Waals surface area (Å²) in [6.07, 6.45) is 5.20. The minimum atomic E-state index is -0.218. The highest BCUT2D eigenvalue weighted by Crippen LogP contribution is 1.98. The third-order valence-electron chi connectivity index (χ3n) is 2.64. The molecule has 0 aliphatic heterocycles. The molecule has 0 heterocycles. The molecule has 0 spiro atoms. The van der Waals surface area contributed by atoms with E-state index in [0.717, 1.165) is 13.0 Å². The second-order valence-corrected chi connectivity index (χ2v) is 4.45. The van der Waals surface area contributed by atoms with E-state index in [1.807, 2.05) is 0 Å². The number of unbranched alkanes of at least 4 members (excludes halogenated alkanes) is 3. The summed E-state index contributed by atoms with van der Waals surface area (Å²) >= 11 is 0. The molecule has 0 aliphatic rings. The largest absolute Gasteiger partial charge is 0.466 e. The Kier molecular flexibility index (Phi) is 15.9. The van der Waals surface area contributed by atoms with Crippen LogP contribution in [0.3, 0.4) is 0 Å². The second-order valence-electron chi connectivity index (χ2n) is 4.45. The Morgan fingerprint density at radius 2 is 1.35 bits per heavy atom. The molecule has 0 fully saturated rings. The molecule has 5 nitrogen and oxygen atoms in total. The molecule has 0 atom stereocenters. The Balaban J connectivity index is 3.01. The van der Waals surface area contributed by atoms with Crippen molar-refractivity contribution >= 4 is 5.97 Å². The van der Waals surface area contributed by atoms with Crippen LogP contribution in [0.2, 0.25) is 0 Å². The topological polar surface area (TPSA) is 54.0 Å². The van der Waals surface area contributed by atoms with Crippen LogP contribution in [-0.4, -0.2) is 52.2 Å². The van der Waals surface area contributed by atoms with E-state index < -0.39 is 0 Å². The monoisotopic (exact) mass is 290 g/mol. The van der Waals surface area contributed by atoms with Crippen LogP contribution >= 0.6 is 0 Å². The van der Waals surface area contributed by atoms with E-state index in [9.17, 15) is 4.79 Å². The van der Waals surface area contributed by atoms with Gasteiger partial charge in [-0.3, -0.25) is 4.79 Å². The van der Waals surface area contributed by atoms with Gasteiger partial charge in [-0.05, 0) is 13.3 Å². The minimum absolute atomic E-state index is 0.218. The van der Waals surface area contributed by atoms with Crippen LogP contribution in [-0.2, 0) is 23.7 Å². The number of hydrogen-bond acceptors (Lipinski definition) is 5. The highest BCUT2D eigenvalue weighted by molar-refractivity contribution is 5.69. The van der Waals surface area contributed by atoms with Gasteiger partial charge in [0.1, 0.15) is 0 Å². The summed E-state index contributed by atoms with van der Waals surface area (Å²) in [4.78, 5) is 11.0. The van der Waals surface area contributed by atoms with Gasteiger partial charge in [0, 0.05) is 6.61 Å². The van der Waals surface area contributed by atoms with Crippen molar-refractivity contribution in [1.29, 1.82) is 0 Å². The smallest absolute Gasteiger partial charge is 0.308 e. The maximum absolute atomic E-state index is 11.0. The average Bonchev–Trinajstić information content (AvgIpc) is 2.44. The van der Waals surface area contributed by atoms with Crippen LogP contribution < -0.4 is 0 Å². The lowest BCUT2D eigenvalue weighted by molar-refractivity contribution is -0.144. The van der Waals surface area contributed by atoms with Crippen molar-refractivity contribution in [1.82, 2.24) is 0 Å². The van der Waals surface area contributed by atoms with Gasteiger partial charge in [-0.15, -0.1) is 0 Å². The molecule has 0 radical (unpaired) electrons. The molecular formula is C15H30O5. The quantitative estimate of drug-likeness (QED) is 0.343. The van der Waals surface area contributed by atoms with Gasteiger partial charge in [0.05, 0.1) is 46.1 Å². The fourth-order valence-electron chi connectivity index (χ4n) is 1.56.